The molecule has 3 aromatic rings. The van der Waals surface area contributed by atoms with Gasteiger partial charge in [0.2, 0.25) is 0 Å². The number of hydrogen-bond donors (Lipinski definition) is 1. The third kappa shape index (κ3) is 4.11. The largest absolute Gasteiger partial charge is 0.355 e. The van der Waals surface area contributed by atoms with Crippen molar-refractivity contribution in [3.63, 3.8) is 0 Å². The molecule has 1 aliphatic heterocycles. The lowest BCUT2D eigenvalue weighted by atomic mass is 10.1. The number of hydrogen-bond acceptors (Lipinski definition) is 5. The summed E-state index contributed by atoms with van der Waals surface area (Å²) in [6, 6.07) is 16.9. The van der Waals surface area contributed by atoms with Crippen LogP contribution in [0.1, 0.15) is 29.8 Å². The predicted octanol–water partition coefficient (Wildman–Crippen LogP) is 3.78. The average Bonchev–Trinajstić information content (AvgIpc) is 2.76. The van der Waals surface area contributed by atoms with Gasteiger partial charge >= 0.3 is 0 Å². The highest BCUT2D eigenvalue weighted by atomic mass is 16.1. The molecule has 1 aliphatic rings. The number of carbonyl (C=O) groups excluding carboxylic acids is 1. The molecule has 0 bridgehead atoms. The summed E-state index contributed by atoms with van der Waals surface area (Å²) in [5.41, 5.74) is 2.88. The number of aromatic nitrogens is 3. The predicted molar refractivity (Wildman–Crippen MR) is 106 cm³/mol. The van der Waals surface area contributed by atoms with E-state index in [1.165, 1.54) is 19.3 Å². The molecule has 0 atom stereocenters. The van der Waals surface area contributed by atoms with E-state index in [0.717, 1.165) is 30.2 Å². The summed E-state index contributed by atoms with van der Waals surface area (Å²) in [6.45, 7) is 2.11. The van der Waals surface area contributed by atoms with Crippen molar-refractivity contribution in [1.29, 1.82) is 0 Å². The maximum absolute atomic E-state index is 12.2. The van der Waals surface area contributed by atoms with Crippen molar-refractivity contribution >= 4 is 17.4 Å². The van der Waals surface area contributed by atoms with Gasteiger partial charge in [0, 0.05) is 30.5 Å². The average molecular weight is 359 g/mol. The Morgan fingerprint density at radius 2 is 1.70 bits per heavy atom. The second-order valence-corrected chi connectivity index (χ2v) is 6.57. The molecule has 0 aliphatic carbocycles. The van der Waals surface area contributed by atoms with E-state index >= 15 is 0 Å². The number of rotatable bonds is 4. The molecule has 1 N–H and O–H groups in total. The van der Waals surface area contributed by atoms with E-state index in [1.54, 1.807) is 24.4 Å². The quantitative estimate of drug-likeness (QED) is 0.767. The van der Waals surface area contributed by atoms with Crippen molar-refractivity contribution in [2.45, 2.75) is 19.3 Å². The molecule has 1 fully saturated rings. The Morgan fingerprint density at radius 1 is 0.889 bits per heavy atom. The van der Waals surface area contributed by atoms with Crippen LogP contribution in [0, 0.1) is 0 Å². The lowest BCUT2D eigenvalue weighted by molar-refractivity contribution is 0.102. The maximum Gasteiger partial charge on any atom is 0.274 e. The molecule has 27 heavy (non-hydrogen) atoms. The lowest BCUT2D eigenvalue weighted by Gasteiger charge is -2.27. The topological polar surface area (TPSA) is 71.0 Å². The van der Waals surface area contributed by atoms with Gasteiger partial charge in [-0.05, 0) is 55.7 Å². The van der Waals surface area contributed by atoms with Crippen LogP contribution < -0.4 is 10.2 Å². The smallest absolute Gasteiger partial charge is 0.274 e. The fraction of sp³-hybridized carbons (Fsp3) is 0.238. The van der Waals surface area contributed by atoms with Gasteiger partial charge in [-0.2, -0.15) is 0 Å². The van der Waals surface area contributed by atoms with Crippen molar-refractivity contribution in [2.24, 2.45) is 0 Å². The minimum atomic E-state index is -0.228. The number of carbonyl (C=O) groups is 1. The van der Waals surface area contributed by atoms with E-state index in [-0.39, 0.29) is 5.91 Å². The molecule has 0 radical (unpaired) electrons. The standard InChI is InChI=1S/C21H21N5O/c27-21(19-6-2-3-13-22-19)23-17-9-7-16(8-10-17)18-11-12-20(25-24-18)26-14-4-1-5-15-26/h2-3,6-13H,1,4-5,14-15H2,(H,23,27). The fourth-order valence-electron chi connectivity index (χ4n) is 3.19. The molecule has 4 rings (SSSR count). The first kappa shape index (κ1) is 17.1. The van der Waals surface area contributed by atoms with Crippen molar-refractivity contribution in [2.75, 3.05) is 23.3 Å². The normalized spacial score (nSPS) is 14.0. The molecule has 0 saturated carbocycles. The van der Waals surface area contributed by atoms with Crippen molar-refractivity contribution in [3.8, 4) is 11.3 Å². The molecule has 0 unspecified atom stereocenters. The number of anilines is 2. The molecule has 2 aromatic heterocycles. The second-order valence-electron chi connectivity index (χ2n) is 6.57. The van der Waals surface area contributed by atoms with Crippen molar-refractivity contribution < 1.29 is 4.79 Å². The van der Waals surface area contributed by atoms with Gasteiger partial charge < -0.3 is 10.2 Å². The zero-order valence-corrected chi connectivity index (χ0v) is 15.0. The van der Waals surface area contributed by atoms with Crippen LogP contribution in [0.25, 0.3) is 11.3 Å². The third-order valence-electron chi connectivity index (χ3n) is 4.67. The number of benzene rings is 1. The highest BCUT2D eigenvalue weighted by molar-refractivity contribution is 6.02. The Morgan fingerprint density at radius 3 is 2.37 bits per heavy atom. The summed E-state index contributed by atoms with van der Waals surface area (Å²) >= 11 is 0. The SMILES string of the molecule is O=C(Nc1ccc(-c2ccc(N3CCCCC3)nn2)cc1)c1ccccn1. The third-order valence-corrected chi connectivity index (χ3v) is 4.67. The van der Waals surface area contributed by atoms with Gasteiger partial charge in [0.15, 0.2) is 5.82 Å². The molecule has 6 nitrogen and oxygen atoms in total. The number of nitrogens with zero attached hydrogens (tertiary/aromatic N) is 4. The number of amides is 1. The van der Waals surface area contributed by atoms with Gasteiger partial charge in [0.05, 0.1) is 5.69 Å². The molecular weight excluding hydrogens is 338 g/mol. The molecule has 1 amide bonds. The minimum Gasteiger partial charge on any atom is -0.355 e. The molecule has 6 heteroatoms. The molecule has 0 spiro atoms. The number of pyridine rings is 1. The van der Waals surface area contributed by atoms with Crippen LogP contribution in [0.4, 0.5) is 11.5 Å². The van der Waals surface area contributed by atoms with E-state index in [9.17, 15) is 4.79 Å². The summed E-state index contributed by atoms with van der Waals surface area (Å²) in [5, 5.41) is 11.6. The summed E-state index contributed by atoms with van der Waals surface area (Å²) in [6.07, 6.45) is 5.33. The molecule has 136 valence electrons. The van der Waals surface area contributed by atoms with Crippen LogP contribution >= 0.6 is 0 Å². The summed E-state index contributed by atoms with van der Waals surface area (Å²) in [4.78, 5) is 18.5. The van der Waals surface area contributed by atoms with Crippen LogP contribution in [0.15, 0.2) is 60.8 Å². The van der Waals surface area contributed by atoms with Gasteiger partial charge in [-0.3, -0.25) is 9.78 Å². The molecular formula is C21H21N5O. The van der Waals surface area contributed by atoms with Crippen molar-refractivity contribution in [1.82, 2.24) is 15.2 Å². The van der Waals surface area contributed by atoms with E-state index in [2.05, 4.69) is 25.4 Å². The van der Waals surface area contributed by atoms with Crippen LogP contribution in [0.2, 0.25) is 0 Å². The van der Waals surface area contributed by atoms with Crippen LogP contribution in [0.3, 0.4) is 0 Å². The zero-order chi connectivity index (χ0) is 18.5. The first-order valence-corrected chi connectivity index (χ1v) is 9.21. The molecule has 1 aromatic carbocycles. The summed E-state index contributed by atoms with van der Waals surface area (Å²) in [7, 11) is 0. The van der Waals surface area contributed by atoms with Gasteiger partial charge in [-0.15, -0.1) is 10.2 Å². The second kappa shape index (κ2) is 7.95. The molecule has 1 saturated heterocycles. The monoisotopic (exact) mass is 359 g/mol. The Labute approximate surface area is 158 Å². The van der Waals surface area contributed by atoms with E-state index < -0.39 is 0 Å². The van der Waals surface area contributed by atoms with E-state index in [4.69, 9.17) is 0 Å². The minimum absolute atomic E-state index is 0.228. The Hall–Kier alpha value is -3.28. The number of nitrogens with one attached hydrogen (secondary N) is 1. The van der Waals surface area contributed by atoms with Gasteiger partial charge in [-0.1, -0.05) is 18.2 Å². The Bertz CT molecular complexity index is 888. The highest BCUT2D eigenvalue weighted by Gasteiger charge is 2.13. The van der Waals surface area contributed by atoms with Gasteiger partial charge in [0.1, 0.15) is 5.69 Å². The Balaban J connectivity index is 1.43. The first-order chi connectivity index (χ1) is 13.3. The van der Waals surface area contributed by atoms with Crippen LogP contribution in [-0.2, 0) is 0 Å². The first-order valence-electron chi connectivity index (χ1n) is 9.21. The van der Waals surface area contributed by atoms with Gasteiger partial charge in [-0.25, -0.2) is 0 Å². The lowest BCUT2D eigenvalue weighted by Crippen LogP contribution is -2.30. The number of piperidine rings is 1. The Kier molecular flexibility index (Phi) is 5.05. The van der Waals surface area contributed by atoms with Crippen molar-refractivity contribution in [3.05, 3.63) is 66.5 Å². The fourth-order valence-corrected chi connectivity index (χ4v) is 3.19. The van der Waals surface area contributed by atoms with E-state index in [1.807, 2.05) is 36.4 Å². The maximum atomic E-state index is 12.2. The summed E-state index contributed by atoms with van der Waals surface area (Å²) in [5.74, 6) is 0.715. The highest BCUT2D eigenvalue weighted by Crippen LogP contribution is 2.22. The van der Waals surface area contributed by atoms with E-state index in [0.29, 0.717) is 11.4 Å². The van der Waals surface area contributed by atoms with Crippen LogP contribution in [-0.4, -0.2) is 34.2 Å². The summed E-state index contributed by atoms with van der Waals surface area (Å²) < 4.78 is 0. The zero-order valence-electron chi connectivity index (χ0n) is 15.0. The van der Waals surface area contributed by atoms with Crippen LogP contribution in [0.5, 0.6) is 0 Å². The van der Waals surface area contributed by atoms with Gasteiger partial charge in [0.25, 0.3) is 5.91 Å². The molecule has 3 heterocycles.